The summed E-state index contributed by atoms with van der Waals surface area (Å²) in [4.78, 5) is 8.95. The minimum Gasteiger partial charge on any atom is -0.354 e. The van der Waals surface area contributed by atoms with Gasteiger partial charge < -0.3 is 10.6 Å². The van der Waals surface area contributed by atoms with Crippen molar-refractivity contribution in [2.24, 2.45) is 5.92 Å². The summed E-state index contributed by atoms with van der Waals surface area (Å²) >= 11 is 0. The Morgan fingerprint density at radius 3 is 2.82 bits per heavy atom. The molecule has 1 saturated heterocycles. The van der Waals surface area contributed by atoms with Gasteiger partial charge in [0.1, 0.15) is 4.90 Å². The fourth-order valence-corrected chi connectivity index (χ4v) is 3.44. The normalized spacial score (nSPS) is 19.4. The number of hydrogen-bond donors (Lipinski definition) is 2. The minimum atomic E-state index is -3.31. The van der Waals surface area contributed by atoms with E-state index < -0.39 is 9.84 Å². The van der Waals surface area contributed by atoms with Crippen LogP contribution in [0.5, 0.6) is 0 Å². The third-order valence-electron chi connectivity index (χ3n) is 3.87. The summed E-state index contributed by atoms with van der Waals surface area (Å²) in [6.45, 7) is 6.86. The van der Waals surface area contributed by atoms with Crippen molar-refractivity contribution in [2.45, 2.75) is 43.9 Å². The lowest BCUT2D eigenvalue weighted by molar-refractivity contribution is 0.448. The predicted octanol–water partition coefficient (Wildman–Crippen LogP) is 1.81. The second-order valence-corrected chi connectivity index (χ2v) is 8.35. The molecule has 6 nitrogen and oxygen atoms in total. The van der Waals surface area contributed by atoms with Crippen LogP contribution in [-0.4, -0.2) is 44.3 Å². The van der Waals surface area contributed by atoms with Crippen LogP contribution in [0.3, 0.4) is 0 Å². The highest BCUT2D eigenvalue weighted by atomic mass is 32.2. The van der Waals surface area contributed by atoms with Crippen LogP contribution in [0.1, 0.15) is 44.7 Å². The average Bonchev–Trinajstić information content (AvgIpc) is 2.46. The van der Waals surface area contributed by atoms with Gasteiger partial charge in [-0.15, -0.1) is 0 Å². The number of anilines is 1. The second-order valence-electron chi connectivity index (χ2n) is 6.37. The van der Waals surface area contributed by atoms with Crippen LogP contribution in [0, 0.1) is 5.92 Å². The minimum absolute atomic E-state index is 0.132. The van der Waals surface area contributed by atoms with Gasteiger partial charge in [0.15, 0.2) is 9.84 Å². The molecule has 1 aliphatic rings. The Hall–Kier alpha value is -1.21. The molecule has 7 heteroatoms. The largest absolute Gasteiger partial charge is 0.354 e. The molecule has 0 radical (unpaired) electrons. The Morgan fingerprint density at radius 1 is 1.45 bits per heavy atom. The molecule has 1 atom stereocenters. The van der Waals surface area contributed by atoms with Gasteiger partial charge in [-0.25, -0.2) is 18.4 Å². The third kappa shape index (κ3) is 4.64. The zero-order valence-corrected chi connectivity index (χ0v) is 14.4. The smallest absolute Gasteiger partial charge is 0.222 e. The summed E-state index contributed by atoms with van der Waals surface area (Å²) in [6, 6.07) is 0. The fraction of sp³-hybridized carbons (Fsp3) is 0.733. The van der Waals surface area contributed by atoms with Crippen LogP contribution in [0.15, 0.2) is 11.1 Å². The number of hydrogen-bond acceptors (Lipinski definition) is 6. The molecule has 1 aliphatic heterocycles. The highest BCUT2D eigenvalue weighted by molar-refractivity contribution is 7.90. The lowest BCUT2D eigenvalue weighted by atomic mass is 9.96. The molecule has 2 rings (SSSR count). The van der Waals surface area contributed by atoms with Crippen molar-refractivity contribution >= 4 is 15.8 Å². The van der Waals surface area contributed by atoms with Gasteiger partial charge in [0, 0.05) is 25.3 Å². The van der Waals surface area contributed by atoms with Crippen LogP contribution >= 0.6 is 0 Å². The Labute approximate surface area is 133 Å². The maximum Gasteiger partial charge on any atom is 0.222 e. The first-order valence-electron chi connectivity index (χ1n) is 7.89. The zero-order valence-electron chi connectivity index (χ0n) is 13.6. The van der Waals surface area contributed by atoms with Crippen molar-refractivity contribution in [3.8, 4) is 0 Å². The van der Waals surface area contributed by atoms with E-state index in [2.05, 4.69) is 34.4 Å². The molecule has 124 valence electrons. The van der Waals surface area contributed by atoms with Crippen LogP contribution in [0.25, 0.3) is 0 Å². The first-order chi connectivity index (χ1) is 10.4. The summed E-state index contributed by atoms with van der Waals surface area (Å²) in [5.41, 5.74) is 0.650. The van der Waals surface area contributed by atoms with E-state index in [-0.39, 0.29) is 10.8 Å². The van der Waals surface area contributed by atoms with Gasteiger partial charge >= 0.3 is 0 Å². The molecule has 0 unspecified atom stereocenters. The highest BCUT2D eigenvalue weighted by Gasteiger charge is 2.25. The Bertz CT molecular complexity index is 596. The Morgan fingerprint density at radius 2 is 2.23 bits per heavy atom. The quantitative estimate of drug-likeness (QED) is 0.829. The number of rotatable bonds is 6. The van der Waals surface area contributed by atoms with E-state index >= 15 is 0 Å². The maximum absolute atomic E-state index is 12.0. The van der Waals surface area contributed by atoms with Gasteiger partial charge in [0.2, 0.25) is 5.95 Å². The van der Waals surface area contributed by atoms with Crippen molar-refractivity contribution in [3.05, 3.63) is 11.9 Å². The highest BCUT2D eigenvalue weighted by Crippen LogP contribution is 2.27. The fourth-order valence-electron chi connectivity index (χ4n) is 2.61. The first kappa shape index (κ1) is 17.1. The summed E-state index contributed by atoms with van der Waals surface area (Å²) in [7, 11) is -3.31. The van der Waals surface area contributed by atoms with Gasteiger partial charge in [-0.05, 0) is 31.7 Å². The van der Waals surface area contributed by atoms with Crippen LogP contribution < -0.4 is 10.6 Å². The summed E-state index contributed by atoms with van der Waals surface area (Å²) in [5.74, 6) is 1.26. The standard InChI is InChI=1S/C15H26N4O2S/c1-11(2)6-8-17-15-18-10-13(22(3,20)21)14(19-15)12-5-4-7-16-9-12/h10-12,16H,4-9H2,1-3H3,(H,17,18,19)/t12-/m1/s1. The SMILES string of the molecule is CC(C)CCNc1ncc(S(C)(=O)=O)c([C@@H]2CCCNC2)n1. The molecular weight excluding hydrogens is 300 g/mol. The maximum atomic E-state index is 12.0. The average molecular weight is 326 g/mol. The lowest BCUT2D eigenvalue weighted by Gasteiger charge is -2.24. The molecule has 0 bridgehead atoms. The van der Waals surface area contributed by atoms with E-state index in [0.29, 0.717) is 17.6 Å². The lowest BCUT2D eigenvalue weighted by Crippen LogP contribution is -2.30. The topological polar surface area (TPSA) is 84.0 Å². The summed E-state index contributed by atoms with van der Waals surface area (Å²) < 4.78 is 24.0. The monoisotopic (exact) mass is 326 g/mol. The molecule has 1 fully saturated rings. The summed E-state index contributed by atoms with van der Waals surface area (Å²) in [6.07, 6.45) is 5.69. The number of nitrogens with one attached hydrogen (secondary N) is 2. The number of piperidine rings is 1. The first-order valence-corrected chi connectivity index (χ1v) is 9.78. The van der Waals surface area contributed by atoms with Crippen molar-refractivity contribution < 1.29 is 8.42 Å². The number of nitrogens with zero attached hydrogens (tertiary/aromatic N) is 2. The van der Waals surface area contributed by atoms with Gasteiger partial charge in [0.25, 0.3) is 0 Å². The van der Waals surface area contributed by atoms with Gasteiger partial charge in [0.05, 0.1) is 11.9 Å². The molecule has 1 aromatic heterocycles. The van der Waals surface area contributed by atoms with Crippen LogP contribution in [-0.2, 0) is 9.84 Å². The summed E-state index contributed by atoms with van der Waals surface area (Å²) in [5, 5.41) is 6.51. The molecular formula is C15H26N4O2S. The molecule has 0 aliphatic carbocycles. The zero-order chi connectivity index (χ0) is 16.2. The Kier molecular flexibility index (Phi) is 5.74. The van der Waals surface area contributed by atoms with Gasteiger partial charge in [-0.3, -0.25) is 0 Å². The molecule has 0 aromatic carbocycles. The Balaban J connectivity index is 2.24. The van der Waals surface area contributed by atoms with Crippen molar-refractivity contribution in [2.75, 3.05) is 31.2 Å². The van der Waals surface area contributed by atoms with Crippen molar-refractivity contribution in [3.63, 3.8) is 0 Å². The molecule has 0 spiro atoms. The molecule has 0 amide bonds. The van der Waals surface area contributed by atoms with E-state index in [1.807, 2.05) is 0 Å². The number of sulfone groups is 1. The second kappa shape index (κ2) is 7.37. The van der Waals surface area contributed by atoms with E-state index in [1.54, 1.807) is 0 Å². The van der Waals surface area contributed by atoms with Crippen molar-refractivity contribution in [1.82, 2.24) is 15.3 Å². The molecule has 1 aromatic rings. The third-order valence-corrected chi connectivity index (χ3v) is 4.98. The van der Waals surface area contributed by atoms with E-state index in [1.165, 1.54) is 12.5 Å². The van der Waals surface area contributed by atoms with Gasteiger partial charge in [-0.2, -0.15) is 0 Å². The van der Waals surface area contributed by atoms with Crippen LogP contribution in [0.4, 0.5) is 5.95 Å². The van der Waals surface area contributed by atoms with Crippen LogP contribution in [0.2, 0.25) is 0 Å². The predicted molar refractivity (Wildman–Crippen MR) is 87.9 cm³/mol. The van der Waals surface area contributed by atoms with E-state index in [0.717, 1.165) is 38.9 Å². The molecule has 2 N–H and O–H groups in total. The van der Waals surface area contributed by atoms with Gasteiger partial charge in [-0.1, -0.05) is 13.8 Å². The molecule has 0 saturated carbocycles. The van der Waals surface area contributed by atoms with E-state index in [9.17, 15) is 8.42 Å². The van der Waals surface area contributed by atoms with Crippen molar-refractivity contribution in [1.29, 1.82) is 0 Å². The number of aromatic nitrogens is 2. The molecule has 2 heterocycles. The molecule has 22 heavy (non-hydrogen) atoms. The van der Waals surface area contributed by atoms with E-state index in [4.69, 9.17) is 0 Å².